The molecule has 4 nitrogen and oxygen atoms in total. The smallest absolute Gasteiger partial charge is 0.388 e. The van der Waals surface area contributed by atoms with Crippen molar-refractivity contribution in [3.05, 3.63) is 63.5 Å². The van der Waals surface area contributed by atoms with Crippen molar-refractivity contribution in [2.24, 2.45) is 11.3 Å². The Kier molecular flexibility index (Phi) is 8.57. The first kappa shape index (κ1) is 30.0. The number of fused-ring (bicyclic) bond motifs is 4. The molecule has 1 aromatic carbocycles. The highest BCUT2D eigenvalue weighted by Crippen LogP contribution is 2.57. The van der Waals surface area contributed by atoms with Gasteiger partial charge in [0.1, 0.15) is 6.10 Å². The molecule has 3 heterocycles. The van der Waals surface area contributed by atoms with E-state index in [-0.39, 0.29) is 11.3 Å². The summed E-state index contributed by atoms with van der Waals surface area (Å²) in [4.78, 5) is 5.09. The molecule has 1 unspecified atom stereocenters. The van der Waals surface area contributed by atoms with Crippen LogP contribution in [0.4, 0.5) is 13.2 Å². The summed E-state index contributed by atoms with van der Waals surface area (Å²) in [6.07, 6.45) is -1.60. The van der Waals surface area contributed by atoms with Gasteiger partial charge in [-0.3, -0.25) is 4.98 Å². The lowest BCUT2D eigenvalue weighted by Crippen LogP contribution is -2.37. The molecular weight excluding hydrogens is 503 g/mol. The second-order valence-electron chi connectivity index (χ2n) is 12.9. The normalized spacial score (nSPS) is 23.4. The number of aromatic nitrogens is 1. The first-order chi connectivity index (χ1) is 18.2. The predicted octanol–water partition coefficient (Wildman–Crippen LogP) is 8.41. The Hall–Kier alpha value is -1.96. The van der Waals surface area contributed by atoms with Crippen molar-refractivity contribution in [1.82, 2.24) is 4.98 Å². The number of rotatable bonds is 3. The number of hydrogen-bond acceptors (Lipinski definition) is 4. The van der Waals surface area contributed by atoms with Crippen molar-refractivity contribution in [3.63, 3.8) is 0 Å². The minimum Gasteiger partial charge on any atom is -0.388 e. The molecule has 7 heteroatoms. The summed E-state index contributed by atoms with van der Waals surface area (Å²) in [5, 5.41) is 11.3. The van der Waals surface area contributed by atoms with Crippen LogP contribution >= 0.6 is 0 Å². The van der Waals surface area contributed by atoms with Crippen LogP contribution in [0.2, 0.25) is 0 Å². The third-order valence-electron chi connectivity index (χ3n) is 8.37. The molecule has 1 N–H and O–H groups in total. The zero-order chi connectivity index (χ0) is 28.8. The molecule has 1 spiro atoms. The van der Waals surface area contributed by atoms with Crippen LogP contribution in [0, 0.1) is 11.3 Å². The second kappa shape index (κ2) is 11.1. The van der Waals surface area contributed by atoms with Crippen LogP contribution in [-0.2, 0) is 27.7 Å². The predicted molar refractivity (Wildman–Crippen MR) is 147 cm³/mol. The summed E-state index contributed by atoms with van der Waals surface area (Å²) >= 11 is 0. The average Bonchev–Trinajstić information content (AvgIpc) is 3.16. The van der Waals surface area contributed by atoms with E-state index in [1.54, 1.807) is 0 Å². The Labute approximate surface area is 231 Å². The van der Waals surface area contributed by atoms with Crippen LogP contribution in [-0.4, -0.2) is 23.3 Å². The third-order valence-corrected chi connectivity index (χ3v) is 8.37. The summed E-state index contributed by atoms with van der Waals surface area (Å²) in [5.74, 6) is 0.978. The van der Waals surface area contributed by atoms with E-state index in [0.717, 1.165) is 52.5 Å². The minimum absolute atomic E-state index is 0.0724. The van der Waals surface area contributed by atoms with Gasteiger partial charge in [0.05, 0.1) is 17.3 Å². The van der Waals surface area contributed by atoms with Gasteiger partial charge < -0.3 is 14.6 Å². The van der Waals surface area contributed by atoms with E-state index in [2.05, 4.69) is 48.5 Å². The van der Waals surface area contributed by atoms with E-state index in [4.69, 9.17) is 14.5 Å². The molecule has 216 valence electrons. The molecule has 1 saturated heterocycles. The van der Waals surface area contributed by atoms with Gasteiger partial charge in [0.2, 0.25) is 0 Å². The number of aliphatic hydroxyl groups excluding tert-OH is 1. The lowest BCUT2D eigenvalue weighted by atomic mass is 9.70. The molecule has 0 bridgehead atoms. The summed E-state index contributed by atoms with van der Waals surface area (Å²) in [6.45, 7) is 16.2. The Bertz CT molecular complexity index is 1150. The number of ether oxygens (including phenoxy) is 2. The summed E-state index contributed by atoms with van der Waals surface area (Å²) < 4.78 is 52.1. The van der Waals surface area contributed by atoms with Gasteiger partial charge in [-0.05, 0) is 53.4 Å². The van der Waals surface area contributed by atoms with Gasteiger partial charge in [-0.2, -0.15) is 13.2 Å². The van der Waals surface area contributed by atoms with Gasteiger partial charge in [0.15, 0.2) is 0 Å². The number of benzene rings is 1. The van der Waals surface area contributed by atoms with Crippen molar-refractivity contribution in [2.75, 3.05) is 13.2 Å². The molecule has 39 heavy (non-hydrogen) atoms. The van der Waals surface area contributed by atoms with Crippen LogP contribution in [0.3, 0.4) is 0 Å². The first-order valence-corrected chi connectivity index (χ1v) is 14.4. The highest BCUT2D eigenvalue weighted by Gasteiger charge is 2.52. The fourth-order valence-electron chi connectivity index (χ4n) is 6.02. The molecule has 2 aromatic rings. The maximum Gasteiger partial charge on any atom is 0.416 e. The topological polar surface area (TPSA) is 51.6 Å². The van der Waals surface area contributed by atoms with Crippen LogP contribution in [0.25, 0.3) is 0 Å². The van der Waals surface area contributed by atoms with Crippen LogP contribution in [0.15, 0.2) is 24.3 Å². The van der Waals surface area contributed by atoms with E-state index in [9.17, 15) is 18.3 Å². The highest BCUT2D eigenvalue weighted by atomic mass is 19.4. The molecule has 0 saturated carbocycles. The van der Waals surface area contributed by atoms with Gasteiger partial charge in [-0.1, -0.05) is 67.0 Å². The molecule has 5 rings (SSSR count). The van der Waals surface area contributed by atoms with Crippen molar-refractivity contribution >= 4 is 0 Å². The number of alkyl halides is 3. The van der Waals surface area contributed by atoms with Gasteiger partial charge >= 0.3 is 6.18 Å². The average molecular weight is 548 g/mol. The number of pyridine rings is 1. The fourth-order valence-corrected chi connectivity index (χ4v) is 6.02. The molecule has 0 radical (unpaired) electrons. The van der Waals surface area contributed by atoms with Crippen LogP contribution in [0.5, 0.6) is 0 Å². The lowest BCUT2D eigenvalue weighted by Gasteiger charge is -2.40. The van der Waals surface area contributed by atoms with Crippen molar-refractivity contribution < 1.29 is 27.8 Å². The van der Waals surface area contributed by atoms with Crippen LogP contribution < -0.4 is 0 Å². The highest BCUT2D eigenvalue weighted by molar-refractivity contribution is 5.54. The van der Waals surface area contributed by atoms with Gasteiger partial charge in [0, 0.05) is 48.6 Å². The Morgan fingerprint density at radius 2 is 1.62 bits per heavy atom. The molecule has 0 amide bonds. The van der Waals surface area contributed by atoms with Gasteiger partial charge in [0.25, 0.3) is 0 Å². The molecule has 2 atom stereocenters. The standard InChI is InChI=1S/C27H32F3NO3.C5H12/c1-15(2)23-21-22(20-18(31-23)13-25(3,4)14-19(20)32)26(9-11-33-12-10-26)34-24(21)16-5-7-17(8-6-16)27(28,29)30;1-4-5(2)3/h5-8,15,19,24,32H,9-14H2,1-4H3;5H,4H2,1-3H3/t19?,24-;/m0./s1. The van der Waals surface area contributed by atoms with Crippen molar-refractivity contribution in [1.29, 1.82) is 0 Å². The zero-order valence-electron chi connectivity index (χ0n) is 24.4. The Morgan fingerprint density at radius 1 is 1.03 bits per heavy atom. The Morgan fingerprint density at radius 3 is 2.13 bits per heavy atom. The summed E-state index contributed by atoms with van der Waals surface area (Å²) in [6, 6.07) is 5.26. The van der Waals surface area contributed by atoms with E-state index in [1.165, 1.54) is 18.6 Å². The molecule has 1 aromatic heterocycles. The van der Waals surface area contributed by atoms with E-state index in [0.29, 0.717) is 38.0 Å². The summed E-state index contributed by atoms with van der Waals surface area (Å²) in [5.41, 5.74) is 3.92. The van der Waals surface area contributed by atoms with E-state index in [1.807, 2.05) is 0 Å². The third kappa shape index (κ3) is 6.06. The van der Waals surface area contributed by atoms with E-state index < -0.39 is 29.5 Å². The zero-order valence-corrected chi connectivity index (χ0v) is 24.4. The number of aliphatic hydroxyl groups is 1. The maximum absolute atomic E-state index is 13.2. The largest absolute Gasteiger partial charge is 0.416 e. The molecule has 2 aliphatic heterocycles. The van der Waals surface area contributed by atoms with Crippen LogP contribution in [0.1, 0.15) is 131 Å². The molecule has 1 aliphatic carbocycles. The minimum atomic E-state index is -4.39. The lowest BCUT2D eigenvalue weighted by molar-refractivity contribution is -0.137. The van der Waals surface area contributed by atoms with Crippen molar-refractivity contribution in [3.8, 4) is 0 Å². The molecule has 3 aliphatic rings. The monoisotopic (exact) mass is 547 g/mol. The van der Waals surface area contributed by atoms with Gasteiger partial charge in [-0.25, -0.2) is 0 Å². The van der Waals surface area contributed by atoms with Gasteiger partial charge in [-0.15, -0.1) is 0 Å². The Balaban J connectivity index is 0.000000648. The number of nitrogens with zero attached hydrogens (tertiary/aromatic N) is 1. The molecular formula is C32H44F3NO3. The number of hydrogen-bond donors (Lipinski definition) is 1. The van der Waals surface area contributed by atoms with E-state index >= 15 is 0 Å². The quantitative estimate of drug-likeness (QED) is 0.419. The first-order valence-electron chi connectivity index (χ1n) is 14.4. The molecule has 1 fully saturated rings. The summed E-state index contributed by atoms with van der Waals surface area (Å²) in [7, 11) is 0. The SMILES string of the molecule is CC(C)c1nc2c(c3c1[C@H](c1ccc(C(F)(F)F)cc1)OC31CCOCC1)C(O)CC(C)(C)C2.CCC(C)C. The maximum atomic E-state index is 13.2. The second-order valence-corrected chi connectivity index (χ2v) is 12.9. The fraction of sp³-hybridized carbons (Fsp3) is 0.656. The number of halogens is 3. The van der Waals surface area contributed by atoms with Crippen molar-refractivity contribution in [2.45, 2.75) is 110 Å².